The molecule has 0 saturated carbocycles. The summed E-state index contributed by atoms with van der Waals surface area (Å²) >= 11 is 0. The number of hydrogen-bond donors (Lipinski definition) is 5. The van der Waals surface area contributed by atoms with Crippen LogP contribution in [0.25, 0.3) is 0 Å². The first-order valence-electron chi connectivity index (χ1n) is 15.8. The fourth-order valence-electron chi connectivity index (χ4n) is 5.64. The Morgan fingerprint density at radius 1 is 0.419 bits per heavy atom. The maximum atomic E-state index is 3.65. The van der Waals surface area contributed by atoms with E-state index >= 15 is 0 Å². The zero-order valence-corrected chi connectivity index (χ0v) is 27.3. The van der Waals surface area contributed by atoms with Gasteiger partial charge in [0.15, 0.2) is 0 Å². The molecule has 0 aromatic heterocycles. The summed E-state index contributed by atoms with van der Waals surface area (Å²) in [4.78, 5) is 0. The highest BCUT2D eigenvalue weighted by molar-refractivity contribution is 5.70. The van der Waals surface area contributed by atoms with E-state index in [0.717, 1.165) is 47.0 Å². The number of hydrogen-bond acceptors (Lipinski definition) is 5. The lowest BCUT2D eigenvalue weighted by molar-refractivity contribution is 0.539. The molecule has 0 spiro atoms. The fraction of sp³-hybridized carbons (Fsp3) is 0.368. The quantitative estimate of drug-likeness (QED) is 0.103. The van der Waals surface area contributed by atoms with Crippen LogP contribution in [0.2, 0.25) is 0 Å². The Morgan fingerprint density at radius 3 is 0.977 bits per heavy atom. The molecule has 4 aromatic carbocycles. The van der Waals surface area contributed by atoms with Crippen LogP contribution >= 0.6 is 0 Å². The van der Waals surface area contributed by atoms with Gasteiger partial charge < -0.3 is 26.6 Å². The van der Waals surface area contributed by atoms with Gasteiger partial charge in [0.25, 0.3) is 0 Å². The fourth-order valence-corrected chi connectivity index (χ4v) is 5.64. The maximum absolute atomic E-state index is 3.65. The van der Waals surface area contributed by atoms with Gasteiger partial charge in [0.2, 0.25) is 0 Å². The summed E-state index contributed by atoms with van der Waals surface area (Å²) in [6, 6.07) is 30.8. The lowest BCUT2D eigenvalue weighted by Gasteiger charge is -2.19. The minimum Gasteiger partial charge on any atom is -0.382 e. The van der Waals surface area contributed by atoms with Gasteiger partial charge in [0.05, 0.1) is 0 Å². The van der Waals surface area contributed by atoms with E-state index in [4.69, 9.17) is 0 Å². The highest BCUT2D eigenvalue weighted by Crippen LogP contribution is 2.28. The normalized spacial score (nSPS) is 12.6. The van der Waals surface area contributed by atoms with E-state index in [0.29, 0.717) is 23.9 Å². The van der Waals surface area contributed by atoms with Crippen LogP contribution in [0.5, 0.6) is 0 Å². The molecule has 0 fully saturated rings. The topological polar surface area (TPSA) is 60.1 Å². The molecule has 5 N–H and O–H groups in total. The van der Waals surface area contributed by atoms with E-state index in [9.17, 15) is 0 Å². The minimum absolute atomic E-state index is 0.456. The monoisotopic (exact) mass is 577 g/mol. The molecule has 43 heavy (non-hydrogen) atoms. The molecule has 0 saturated heterocycles. The SMILES string of the molecule is Cc1cc(Nc2ccc(Nc3ccc(Nc4ccc(NC(C)CC(C)C)c(C)c4)cc3)cc2)ccc1NC(C)CC(C)C. The summed E-state index contributed by atoms with van der Waals surface area (Å²) in [6.45, 7) is 17.9. The predicted molar refractivity (Wildman–Crippen MR) is 190 cm³/mol. The third kappa shape index (κ3) is 9.99. The largest absolute Gasteiger partial charge is 0.382 e. The average Bonchev–Trinajstić information content (AvgIpc) is 2.93. The van der Waals surface area contributed by atoms with Crippen molar-refractivity contribution in [2.45, 2.75) is 80.3 Å². The zero-order chi connectivity index (χ0) is 30.9. The Labute approximate surface area is 259 Å². The summed E-state index contributed by atoms with van der Waals surface area (Å²) in [7, 11) is 0. The molecule has 5 nitrogen and oxygen atoms in total. The van der Waals surface area contributed by atoms with Crippen LogP contribution < -0.4 is 26.6 Å². The van der Waals surface area contributed by atoms with Gasteiger partial charge in [-0.1, -0.05) is 27.7 Å². The van der Waals surface area contributed by atoms with Gasteiger partial charge in [0, 0.05) is 57.6 Å². The lowest BCUT2D eigenvalue weighted by atomic mass is 10.0. The van der Waals surface area contributed by atoms with E-state index in [2.05, 4.69) is 167 Å². The van der Waals surface area contributed by atoms with Gasteiger partial charge in [-0.15, -0.1) is 0 Å². The van der Waals surface area contributed by atoms with Crippen molar-refractivity contribution < 1.29 is 0 Å². The van der Waals surface area contributed by atoms with Crippen molar-refractivity contribution in [1.82, 2.24) is 0 Å². The first-order valence-corrected chi connectivity index (χ1v) is 15.8. The van der Waals surface area contributed by atoms with Crippen molar-refractivity contribution >= 4 is 45.5 Å². The standard InChI is InChI=1S/C38H51N5/c1-25(2)21-29(7)39-37-19-17-35(23-27(37)5)42-33-13-9-31(10-14-33)41-32-11-15-34(16-12-32)43-36-18-20-38(28(6)24-36)40-30(8)22-26(3)4/h9-20,23-26,29-30,39-43H,21-22H2,1-8H3. The van der Waals surface area contributed by atoms with E-state index in [-0.39, 0.29) is 0 Å². The summed E-state index contributed by atoms with van der Waals surface area (Å²) in [5.74, 6) is 1.36. The number of anilines is 8. The highest BCUT2D eigenvalue weighted by atomic mass is 14.9. The van der Waals surface area contributed by atoms with E-state index < -0.39 is 0 Å². The molecule has 0 heterocycles. The van der Waals surface area contributed by atoms with Gasteiger partial charge in [0.1, 0.15) is 0 Å². The van der Waals surface area contributed by atoms with Crippen LogP contribution in [0, 0.1) is 25.7 Å². The summed E-state index contributed by atoms with van der Waals surface area (Å²) < 4.78 is 0. The molecule has 0 aliphatic carbocycles. The number of benzene rings is 4. The van der Waals surface area contributed by atoms with Crippen LogP contribution in [-0.4, -0.2) is 12.1 Å². The Kier molecular flexibility index (Phi) is 11.0. The van der Waals surface area contributed by atoms with Crippen molar-refractivity contribution in [2.75, 3.05) is 26.6 Å². The second-order valence-corrected chi connectivity index (χ2v) is 12.9. The number of rotatable bonds is 14. The smallest absolute Gasteiger partial charge is 0.0388 e. The number of aryl methyl sites for hydroxylation is 2. The summed E-state index contributed by atoms with van der Waals surface area (Å²) in [5.41, 5.74) is 11.3. The van der Waals surface area contributed by atoms with Gasteiger partial charge >= 0.3 is 0 Å². The second kappa shape index (κ2) is 14.9. The van der Waals surface area contributed by atoms with Crippen molar-refractivity contribution in [3.05, 3.63) is 96.1 Å². The molecule has 4 rings (SSSR count). The highest BCUT2D eigenvalue weighted by Gasteiger charge is 2.09. The van der Waals surface area contributed by atoms with Gasteiger partial charge in [-0.25, -0.2) is 0 Å². The van der Waals surface area contributed by atoms with E-state index in [1.165, 1.54) is 22.5 Å². The Morgan fingerprint density at radius 2 is 0.698 bits per heavy atom. The molecule has 228 valence electrons. The van der Waals surface area contributed by atoms with Gasteiger partial charge in [-0.2, -0.15) is 0 Å². The molecule has 0 bridgehead atoms. The van der Waals surface area contributed by atoms with E-state index in [1.54, 1.807) is 0 Å². The molecule has 0 aliphatic heterocycles. The van der Waals surface area contributed by atoms with Crippen molar-refractivity contribution in [3.63, 3.8) is 0 Å². The molecule has 0 amide bonds. The maximum Gasteiger partial charge on any atom is 0.0388 e. The number of nitrogens with one attached hydrogen (secondary N) is 5. The second-order valence-electron chi connectivity index (χ2n) is 12.9. The zero-order valence-electron chi connectivity index (χ0n) is 27.3. The van der Waals surface area contributed by atoms with Crippen LogP contribution in [0.15, 0.2) is 84.9 Å². The van der Waals surface area contributed by atoms with Crippen LogP contribution in [-0.2, 0) is 0 Å². The molecular formula is C38H51N5. The molecule has 0 radical (unpaired) electrons. The van der Waals surface area contributed by atoms with Crippen LogP contribution in [0.1, 0.15) is 65.5 Å². The van der Waals surface area contributed by atoms with Crippen LogP contribution in [0.3, 0.4) is 0 Å². The Balaban J connectivity index is 1.29. The predicted octanol–water partition coefficient (Wildman–Crippen LogP) is 11.2. The summed E-state index contributed by atoms with van der Waals surface area (Å²) in [5, 5.41) is 17.9. The first kappa shape index (κ1) is 31.8. The third-order valence-corrected chi connectivity index (χ3v) is 7.54. The minimum atomic E-state index is 0.456. The van der Waals surface area contributed by atoms with Crippen LogP contribution in [0.4, 0.5) is 45.5 Å². The van der Waals surface area contributed by atoms with Crippen molar-refractivity contribution in [3.8, 4) is 0 Å². The van der Waals surface area contributed by atoms with Gasteiger partial charge in [-0.3, -0.25) is 0 Å². The molecule has 5 heteroatoms. The molecule has 2 unspecified atom stereocenters. The lowest BCUT2D eigenvalue weighted by Crippen LogP contribution is -2.18. The average molecular weight is 578 g/mol. The molecule has 2 atom stereocenters. The summed E-state index contributed by atoms with van der Waals surface area (Å²) in [6.07, 6.45) is 2.32. The van der Waals surface area contributed by atoms with Crippen molar-refractivity contribution in [2.24, 2.45) is 11.8 Å². The van der Waals surface area contributed by atoms with Gasteiger partial charge in [-0.05, 0) is 148 Å². The molecule has 0 aliphatic rings. The third-order valence-electron chi connectivity index (χ3n) is 7.54. The molecular weight excluding hydrogens is 526 g/mol. The van der Waals surface area contributed by atoms with E-state index in [1.807, 2.05) is 0 Å². The molecule has 4 aromatic rings. The Bertz CT molecular complexity index is 1330. The van der Waals surface area contributed by atoms with Crippen molar-refractivity contribution in [1.29, 1.82) is 0 Å². The Hall–Kier alpha value is -4.12. The first-order chi connectivity index (χ1) is 20.5.